The van der Waals surface area contributed by atoms with Crippen molar-refractivity contribution in [1.29, 1.82) is 5.26 Å². The Morgan fingerprint density at radius 1 is 1.29 bits per heavy atom. The summed E-state index contributed by atoms with van der Waals surface area (Å²) in [5, 5.41) is 12.3. The molecule has 4 aromatic rings. The minimum Gasteiger partial charge on any atom is -0.495 e. The Kier molecular flexibility index (Phi) is 7.06. The van der Waals surface area contributed by atoms with Gasteiger partial charge in [-0.1, -0.05) is 0 Å². The van der Waals surface area contributed by atoms with Crippen LogP contribution < -0.4 is 14.8 Å². The molecule has 3 amide bonds. The molecule has 0 spiro atoms. The van der Waals surface area contributed by atoms with Crippen molar-refractivity contribution in [1.82, 2.24) is 25.1 Å². The SMILES string of the molecule is COc1cccnc1CNC(=O)[C@@]1(C)COc2c(oc3cc(-c4nc(C#N)co4)ccc23)C(=O)N1CC(=O)N(C)C. The number of nitrogens with zero attached hydrogens (tertiary/aromatic N) is 5. The molecule has 3 aromatic heterocycles. The van der Waals surface area contributed by atoms with Crippen LogP contribution in [-0.2, 0) is 16.1 Å². The van der Waals surface area contributed by atoms with E-state index in [9.17, 15) is 14.4 Å². The highest BCUT2D eigenvalue weighted by Gasteiger charge is 2.48. The lowest BCUT2D eigenvalue weighted by molar-refractivity contribution is -0.137. The number of furan rings is 1. The van der Waals surface area contributed by atoms with E-state index in [0.29, 0.717) is 28.0 Å². The van der Waals surface area contributed by atoms with Crippen molar-refractivity contribution in [2.24, 2.45) is 0 Å². The van der Waals surface area contributed by atoms with Crippen molar-refractivity contribution in [3.05, 3.63) is 59.9 Å². The van der Waals surface area contributed by atoms with Crippen LogP contribution in [0.3, 0.4) is 0 Å². The number of hydrogen-bond donors (Lipinski definition) is 1. The van der Waals surface area contributed by atoms with Crippen LogP contribution in [-0.4, -0.2) is 77.4 Å². The fourth-order valence-electron chi connectivity index (χ4n) is 4.39. The monoisotopic (exact) mass is 558 g/mol. The molecule has 1 N–H and O–H groups in total. The Morgan fingerprint density at radius 3 is 2.80 bits per heavy atom. The molecule has 0 fully saturated rings. The smallest absolute Gasteiger partial charge is 0.295 e. The predicted octanol–water partition coefficient (Wildman–Crippen LogP) is 2.36. The Morgan fingerprint density at radius 2 is 2.10 bits per heavy atom. The number of methoxy groups -OCH3 is 1. The molecule has 1 atom stereocenters. The van der Waals surface area contributed by atoms with Crippen LogP contribution in [0.5, 0.6) is 11.5 Å². The molecule has 0 saturated carbocycles. The molecule has 210 valence electrons. The van der Waals surface area contributed by atoms with Gasteiger partial charge in [0, 0.05) is 25.9 Å². The van der Waals surface area contributed by atoms with Gasteiger partial charge in [0.1, 0.15) is 42.5 Å². The highest BCUT2D eigenvalue weighted by molar-refractivity contribution is 6.06. The number of rotatable bonds is 7. The molecule has 13 nitrogen and oxygen atoms in total. The van der Waals surface area contributed by atoms with Gasteiger partial charge in [-0.3, -0.25) is 19.4 Å². The largest absolute Gasteiger partial charge is 0.495 e. The van der Waals surface area contributed by atoms with E-state index in [1.165, 1.54) is 25.2 Å². The number of oxazole rings is 1. The Bertz CT molecular complexity index is 1700. The lowest BCUT2D eigenvalue weighted by atomic mass is 9.99. The van der Waals surface area contributed by atoms with Gasteiger partial charge in [-0.05, 0) is 37.3 Å². The van der Waals surface area contributed by atoms with Crippen molar-refractivity contribution in [2.75, 3.05) is 34.4 Å². The molecule has 0 unspecified atom stereocenters. The van der Waals surface area contributed by atoms with E-state index >= 15 is 0 Å². The Labute approximate surface area is 234 Å². The van der Waals surface area contributed by atoms with Crippen LogP contribution in [0.2, 0.25) is 0 Å². The number of aromatic nitrogens is 2. The van der Waals surface area contributed by atoms with Crippen molar-refractivity contribution >= 4 is 28.7 Å². The van der Waals surface area contributed by atoms with Gasteiger partial charge >= 0.3 is 0 Å². The number of nitriles is 1. The topological polar surface area (TPSA) is 164 Å². The number of amides is 3. The zero-order chi connectivity index (χ0) is 29.3. The van der Waals surface area contributed by atoms with E-state index in [0.717, 1.165) is 4.90 Å². The minimum absolute atomic E-state index is 0.0195. The predicted molar refractivity (Wildman–Crippen MR) is 143 cm³/mol. The lowest BCUT2D eigenvalue weighted by Crippen LogP contribution is -2.62. The Hall–Kier alpha value is -5.38. The third-order valence-corrected chi connectivity index (χ3v) is 6.81. The van der Waals surface area contributed by atoms with Crippen molar-refractivity contribution in [3.63, 3.8) is 0 Å². The van der Waals surface area contributed by atoms with Crippen LogP contribution in [0.4, 0.5) is 0 Å². The molecule has 0 saturated heterocycles. The summed E-state index contributed by atoms with van der Waals surface area (Å²) in [6.45, 7) is 0.881. The van der Waals surface area contributed by atoms with E-state index in [1.807, 2.05) is 6.07 Å². The van der Waals surface area contributed by atoms with Gasteiger partial charge < -0.3 is 33.4 Å². The summed E-state index contributed by atoms with van der Waals surface area (Å²) < 4.78 is 22.7. The molecular weight excluding hydrogens is 532 g/mol. The number of benzene rings is 1. The zero-order valence-electron chi connectivity index (χ0n) is 22.8. The van der Waals surface area contributed by atoms with Crippen LogP contribution in [0.1, 0.15) is 28.9 Å². The van der Waals surface area contributed by atoms with Crippen LogP contribution >= 0.6 is 0 Å². The van der Waals surface area contributed by atoms with E-state index in [1.54, 1.807) is 50.6 Å². The number of carbonyl (C=O) groups is 3. The quantitative estimate of drug-likeness (QED) is 0.356. The molecule has 0 radical (unpaired) electrons. The van der Waals surface area contributed by atoms with E-state index < -0.39 is 29.8 Å². The van der Waals surface area contributed by atoms with Gasteiger partial charge in [0.2, 0.25) is 23.5 Å². The second-order valence-electron chi connectivity index (χ2n) is 9.70. The number of fused-ring (bicyclic) bond motifs is 3. The highest BCUT2D eigenvalue weighted by Crippen LogP contribution is 2.40. The second kappa shape index (κ2) is 10.6. The average Bonchev–Trinajstić information content (AvgIpc) is 3.59. The van der Waals surface area contributed by atoms with Gasteiger partial charge in [-0.25, -0.2) is 0 Å². The first kappa shape index (κ1) is 27.2. The van der Waals surface area contributed by atoms with Crippen LogP contribution in [0.15, 0.2) is 51.6 Å². The van der Waals surface area contributed by atoms with Crippen LogP contribution in [0.25, 0.3) is 22.4 Å². The number of carbonyl (C=O) groups excluding carboxylic acids is 3. The molecule has 0 aliphatic carbocycles. The fraction of sp³-hybridized carbons (Fsp3) is 0.286. The second-order valence-corrected chi connectivity index (χ2v) is 9.70. The zero-order valence-corrected chi connectivity index (χ0v) is 22.8. The summed E-state index contributed by atoms with van der Waals surface area (Å²) >= 11 is 0. The maximum atomic E-state index is 14.0. The summed E-state index contributed by atoms with van der Waals surface area (Å²) in [5.41, 5.74) is -0.167. The molecule has 1 aliphatic heterocycles. The molecule has 13 heteroatoms. The maximum absolute atomic E-state index is 14.0. The van der Waals surface area contributed by atoms with E-state index in [4.69, 9.17) is 23.6 Å². The summed E-state index contributed by atoms with van der Waals surface area (Å²) in [6.07, 6.45) is 2.81. The number of nitrogens with one attached hydrogen (secondary N) is 1. The van der Waals surface area contributed by atoms with Gasteiger partial charge in [0.05, 0.1) is 19.0 Å². The van der Waals surface area contributed by atoms with E-state index in [-0.39, 0.29) is 36.2 Å². The fourth-order valence-corrected chi connectivity index (χ4v) is 4.39. The standard InChI is InChI=1S/C28H26N6O7/c1-28(27(37)31-12-19-20(38-4)6-5-9-30-19)15-40-23-18-8-7-16(25-32-17(11-29)14-39-25)10-21(18)41-24(23)26(36)34(28)13-22(35)33(2)3/h5-10,14H,12-13,15H2,1-4H3,(H,31,37)/t28-/m1/s1. The molecule has 4 heterocycles. The van der Waals surface area contributed by atoms with E-state index in [2.05, 4.69) is 15.3 Å². The molecule has 41 heavy (non-hydrogen) atoms. The normalized spacial score (nSPS) is 16.4. The molecule has 1 aromatic carbocycles. The summed E-state index contributed by atoms with van der Waals surface area (Å²) in [6, 6.07) is 10.3. The first-order valence-corrected chi connectivity index (χ1v) is 12.5. The number of ether oxygens (including phenoxy) is 2. The van der Waals surface area contributed by atoms with Gasteiger partial charge in [0.25, 0.3) is 5.91 Å². The van der Waals surface area contributed by atoms with Gasteiger partial charge in [-0.15, -0.1) is 0 Å². The maximum Gasteiger partial charge on any atom is 0.295 e. The lowest BCUT2D eigenvalue weighted by Gasteiger charge is -2.37. The van der Waals surface area contributed by atoms with Crippen molar-refractivity contribution in [3.8, 4) is 29.0 Å². The summed E-state index contributed by atoms with van der Waals surface area (Å²) in [7, 11) is 4.61. The Balaban J connectivity index is 1.50. The molecular formula is C28H26N6O7. The van der Waals surface area contributed by atoms with Gasteiger partial charge in [0.15, 0.2) is 17.0 Å². The number of likely N-dealkylation sites (N-methyl/N-ethyl adjacent to an activating group) is 1. The number of hydrogen-bond acceptors (Lipinski definition) is 10. The summed E-state index contributed by atoms with van der Waals surface area (Å²) in [4.78, 5) is 51.3. The number of pyridine rings is 1. The first-order valence-electron chi connectivity index (χ1n) is 12.5. The molecule has 5 rings (SSSR count). The molecule has 1 aliphatic rings. The third-order valence-electron chi connectivity index (χ3n) is 6.81. The van der Waals surface area contributed by atoms with Crippen molar-refractivity contribution < 1.29 is 32.7 Å². The average molecular weight is 559 g/mol. The third kappa shape index (κ3) is 4.91. The van der Waals surface area contributed by atoms with Crippen LogP contribution in [0, 0.1) is 11.3 Å². The summed E-state index contributed by atoms with van der Waals surface area (Å²) in [5.74, 6) is -0.967. The minimum atomic E-state index is -1.59. The van der Waals surface area contributed by atoms with Crippen molar-refractivity contribution in [2.45, 2.75) is 19.0 Å². The molecule has 0 bridgehead atoms. The van der Waals surface area contributed by atoms with Gasteiger partial charge in [-0.2, -0.15) is 10.2 Å². The first-order chi connectivity index (χ1) is 19.7. The highest BCUT2D eigenvalue weighted by atomic mass is 16.5.